The Morgan fingerprint density at radius 2 is 2.08 bits per heavy atom. The van der Waals surface area contributed by atoms with Gasteiger partial charge in [0.25, 0.3) is 0 Å². The summed E-state index contributed by atoms with van der Waals surface area (Å²) in [6.45, 7) is 3.78. The van der Waals surface area contributed by atoms with Crippen LogP contribution in [0, 0.1) is 0 Å². The van der Waals surface area contributed by atoms with Crippen LogP contribution in [0.1, 0.15) is 38.4 Å². The number of hydrogen-bond donors (Lipinski definition) is 2. The van der Waals surface area contributed by atoms with Crippen molar-refractivity contribution in [2.24, 2.45) is 0 Å². The molecule has 3 heteroatoms. The number of aliphatic hydroxyl groups is 2. The molecule has 13 heavy (non-hydrogen) atoms. The monoisotopic (exact) mass is 200 g/mol. The third-order valence-electron chi connectivity index (χ3n) is 2.59. The van der Waals surface area contributed by atoms with E-state index in [0.717, 1.165) is 5.56 Å². The van der Waals surface area contributed by atoms with Gasteiger partial charge in [0.15, 0.2) is 0 Å². The minimum absolute atomic E-state index is 0.570. The summed E-state index contributed by atoms with van der Waals surface area (Å²) in [6.07, 6.45) is 0.384. The maximum Gasteiger partial charge on any atom is 0.108 e. The number of thiophene rings is 1. The normalized spacial score (nSPS) is 14.5. The predicted molar refractivity (Wildman–Crippen MR) is 54.8 cm³/mol. The van der Waals surface area contributed by atoms with Gasteiger partial charge in [-0.25, -0.2) is 0 Å². The van der Waals surface area contributed by atoms with Crippen LogP contribution in [0.3, 0.4) is 0 Å². The third-order valence-corrected chi connectivity index (χ3v) is 3.29. The Hall–Kier alpha value is -0.380. The van der Waals surface area contributed by atoms with E-state index < -0.39 is 11.7 Å². The smallest absolute Gasteiger partial charge is 0.108 e. The molecule has 0 aromatic carbocycles. The summed E-state index contributed by atoms with van der Waals surface area (Å²) in [5.74, 6) is 0. The summed E-state index contributed by atoms with van der Waals surface area (Å²) >= 11 is 1.53. The van der Waals surface area contributed by atoms with Crippen LogP contribution in [0.4, 0.5) is 0 Å². The molecule has 74 valence electrons. The molecular weight excluding hydrogens is 184 g/mol. The van der Waals surface area contributed by atoms with Crippen molar-refractivity contribution in [1.82, 2.24) is 0 Å². The second-order valence-electron chi connectivity index (χ2n) is 3.27. The summed E-state index contributed by atoms with van der Waals surface area (Å²) in [6, 6.07) is 1.85. The van der Waals surface area contributed by atoms with Gasteiger partial charge < -0.3 is 10.2 Å². The fraction of sp³-hybridized carbons (Fsp3) is 0.600. The molecule has 1 rings (SSSR count). The Kier molecular flexibility index (Phi) is 3.47. The van der Waals surface area contributed by atoms with Crippen LogP contribution in [-0.2, 0) is 0 Å². The van der Waals surface area contributed by atoms with E-state index in [1.54, 1.807) is 0 Å². The Labute approximate surface area is 82.8 Å². The van der Waals surface area contributed by atoms with E-state index in [1.807, 2.05) is 30.7 Å². The van der Waals surface area contributed by atoms with Gasteiger partial charge >= 0.3 is 0 Å². The molecule has 0 saturated heterocycles. The van der Waals surface area contributed by atoms with E-state index in [-0.39, 0.29) is 0 Å². The Morgan fingerprint density at radius 1 is 1.46 bits per heavy atom. The van der Waals surface area contributed by atoms with Crippen molar-refractivity contribution in [3.8, 4) is 0 Å². The lowest BCUT2D eigenvalue weighted by Gasteiger charge is -2.30. The minimum Gasteiger partial charge on any atom is -0.387 e. The summed E-state index contributed by atoms with van der Waals surface area (Å²) in [7, 11) is 0. The Balaban J connectivity index is 2.82. The van der Waals surface area contributed by atoms with Gasteiger partial charge in [0.05, 0.1) is 5.60 Å². The molecule has 0 radical (unpaired) electrons. The number of aliphatic hydroxyl groups excluding tert-OH is 1. The van der Waals surface area contributed by atoms with Crippen LogP contribution in [0.25, 0.3) is 0 Å². The molecule has 0 aliphatic heterocycles. The topological polar surface area (TPSA) is 40.5 Å². The van der Waals surface area contributed by atoms with Crippen LogP contribution in [0.5, 0.6) is 0 Å². The molecule has 1 heterocycles. The average Bonchev–Trinajstić information content (AvgIpc) is 2.68. The molecule has 0 saturated carbocycles. The van der Waals surface area contributed by atoms with Gasteiger partial charge in [0.1, 0.15) is 6.10 Å². The Bertz CT molecular complexity index is 239. The zero-order valence-corrected chi connectivity index (χ0v) is 8.84. The lowest BCUT2D eigenvalue weighted by molar-refractivity contribution is -0.0819. The SMILES string of the molecule is CCC(O)(CC)C(O)c1ccsc1. The molecule has 0 spiro atoms. The highest BCUT2D eigenvalue weighted by atomic mass is 32.1. The molecule has 1 unspecified atom stereocenters. The second-order valence-corrected chi connectivity index (χ2v) is 4.05. The molecule has 0 bridgehead atoms. The first kappa shape index (κ1) is 10.7. The Morgan fingerprint density at radius 3 is 2.46 bits per heavy atom. The van der Waals surface area contributed by atoms with E-state index >= 15 is 0 Å². The molecule has 0 aliphatic rings. The lowest BCUT2D eigenvalue weighted by Crippen LogP contribution is -2.34. The first-order valence-electron chi connectivity index (χ1n) is 4.56. The van der Waals surface area contributed by atoms with Crippen LogP contribution in [0.2, 0.25) is 0 Å². The average molecular weight is 200 g/mol. The van der Waals surface area contributed by atoms with Crippen molar-refractivity contribution >= 4 is 11.3 Å². The van der Waals surface area contributed by atoms with Crippen molar-refractivity contribution in [2.45, 2.75) is 38.4 Å². The van der Waals surface area contributed by atoms with E-state index in [9.17, 15) is 10.2 Å². The maximum absolute atomic E-state index is 10.0. The molecular formula is C10H16O2S. The minimum atomic E-state index is -0.971. The van der Waals surface area contributed by atoms with Gasteiger partial charge in [-0.2, -0.15) is 11.3 Å². The summed E-state index contributed by atoms with van der Waals surface area (Å²) in [4.78, 5) is 0. The highest BCUT2D eigenvalue weighted by Gasteiger charge is 2.32. The molecule has 0 amide bonds. The van der Waals surface area contributed by atoms with Crippen LogP contribution < -0.4 is 0 Å². The van der Waals surface area contributed by atoms with Crippen molar-refractivity contribution in [3.63, 3.8) is 0 Å². The molecule has 2 nitrogen and oxygen atoms in total. The first-order valence-corrected chi connectivity index (χ1v) is 5.51. The number of hydrogen-bond acceptors (Lipinski definition) is 3. The second kappa shape index (κ2) is 4.22. The van der Waals surface area contributed by atoms with Crippen molar-refractivity contribution in [1.29, 1.82) is 0 Å². The lowest BCUT2D eigenvalue weighted by atomic mass is 9.87. The van der Waals surface area contributed by atoms with Crippen molar-refractivity contribution in [2.75, 3.05) is 0 Å². The van der Waals surface area contributed by atoms with Crippen LogP contribution in [-0.4, -0.2) is 15.8 Å². The first-order chi connectivity index (χ1) is 6.14. The van der Waals surface area contributed by atoms with Crippen molar-refractivity contribution < 1.29 is 10.2 Å². The van der Waals surface area contributed by atoms with E-state index in [1.165, 1.54) is 11.3 Å². The van der Waals surface area contributed by atoms with E-state index in [0.29, 0.717) is 12.8 Å². The maximum atomic E-state index is 10.0. The zero-order chi connectivity index (χ0) is 9.90. The molecule has 1 aromatic rings. The molecule has 0 fully saturated rings. The molecule has 1 aromatic heterocycles. The summed E-state index contributed by atoms with van der Waals surface area (Å²) in [5.41, 5.74) is -0.155. The fourth-order valence-electron chi connectivity index (χ4n) is 1.38. The highest BCUT2D eigenvalue weighted by molar-refractivity contribution is 7.07. The van der Waals surface area contributed by atoms with E-state index in [4.69, 9.17) is 0 Å². The van der Waals surface area contributed by atoms with Crippen molar-refractivity contribution in [3.05, 3.63) is 22.4 Å². The van der Waals surface area contributed by atoms with Gasteiger partial charge in [-0.15, -0.1) is 0 Å². The van der Waals surface area contributed by atoms with Gasteiger partial charge in [0.2, 0.25) is 0 Å². The van der Waals surface area contributed by atoms with E-state index in [2.05, 4.69) is 0 Å². The molecule has 0 aliphatic carbocycles. The number of rotatable bonds is 4. The van der Waals surface area contributed by atoms with Gasteiger partial charge in [-0.05, 0) is 35.2 Å². The largest absolute Gasteiger partial charge is 0.387 e. The van der Waals surface area contributed by atoms with Gasteiger partial charge in [0, 0.05) is 0 Å². The highest BCUT2D eigenvalue weighted by Crippen LogP contribution is 2.32. The quantitative estimate of drug-likeness (QED) is 0.783. The van der Waals surface area contributed by atoms with Gasteiger partial charge in [-0.1, -0.05) is 13.8 Å². The standard InChI is InChI=1S/C10H16O2S/c1-3-10(12,4-2)9(11)8-5-6-13-7-8/h5-7,9,11-12H,3-4H2,1-2H3. The molecule has 1 atom stereocenters. The molecule has 2 N–H and O–H groups in total. The summed E-state index contributed by atoms with van der Waals surface area (Å²) < 4.78 is 0. The fourth-order valence-corrected chi connectivity index (χ4v) is 2.06. The zero-order valence-electron chi connectivity index (χ0n) is 8.03. The van der Waals surface area contributed by atoms with Crippen LogP contribution >= 0.6 is 11.3 Å². The van der Waals surface area contributed by atoms with Crippen LogP contribution in [0.15, 0.2) is 16.8 Å². The third kappa shape index (κ3) is 2.10. The predicted octanol–water partition coefficient (Wildman–Crippen LogP) is 2.33. The summed E-state index contributed by atoms with van der Waals surface area (Å²) in [5, 5.41) is 23.7. The van der Waals surface area contributed by atoms with Gasteiger partial charge in [-0.3, -0.25) is 0 Å².